The smallest absolute Gasteiger partial charge is 0.438 e. The van der Waals surface area contributed by atoms with Gasteiger partial charge in [0.15, 0.2) is 0 Å². The van der Waals surface area contributed by atoms with Crippen molar-refractivity contribution < 1.29 is 26.6 Å². The van der Waals surface area contributed by atoms with Crippen LogP contribution in [0.15, 0.2) is 0 Å². The molecule has 0 N–H and O–H groups in total. The van der Waals surface area contributed by atoms with Crippen LogP contribution in [0.3, 0.4) is 0 Å². The topological polar surface area (TPSA) is 69.7 Å². The lowest BCUT2D eigenvalue weighted by Gasteiger charge is -1.98. The standard InChI is InChI=1S/C4H7FO5S/c1-9-4(6)10-2-3-11(5,7)8/h2-3H2,1H3. The summed E-state index contributed by atoms with van der Waals surface area (Å²) in [6.45, 7) is -0.536. The fourth-order valence-electron chi connectivity index (χ4n) is 0.283. The molecular formula is C4H7FO5S. The van der Waals surface area contributed by atoms with Crippen LogP contribution < -0.4 is 0 Å². The van der Waals surface area contributed by atoms with E-state index in [-0.39, 0.29) is 0 Å². The van der Waals surface area contributed by atoms with Crippen molar-refractivity contribution in [1.82, 2.24) is 0 Å². The number of methoxy groups -OCH3 is 1. The number of ether oxygens (including phenoxy) is 2. The van der Waals surface area contributed by atoms with Gasteiger partial charge in [-0.3, -0.25) is 0 Å². The van der Waals surface area contributed by atoms with Crippen LogP contribution in [0, 0.1) is 0 Å². The molecule has 0 saturated carbocycles. The molecular weight excluding hydrogens is 179 g/mol. The maximum atomic E-state index is 11.7. The molecule has 0 aromatic carbocycles. The van der Waals surface area contributed by atoms with Gasteiger partial charge in [0.05, 0.1) is 7.11 Å². The highest BCUT2D eigenvalue weighted by molar-refractivity contribution is 7.86. The SMILES string of the molecule is COC(=O)OCCS(=O)(=O)F. The van der Waals surface area contributed by atoms with Crippen molar-refractivity contribution in [3.63, 3.8) is 0 Å². The Morgan fingerprint density at radius 2 is 2.09 bits per heavy atom. The van der Waals surface area contributed by atoms with Crippen LogP contribution in [0.25, 0.3) is 0 Å². The Bertz CT molecular complexity index is 221. The van der Waals surface area contributed by atoms with Crippen molar-refractivity contribution in [3.8, 4) is 0 Å². The van der Waals surface area contributed by atoms with Crippen LogP contribution in [-0.4, -0.2) is 34.0 Å². The molecule has 11 heavy (non-hydrogen) atoms. The summed E-state index contributed by atoms with van der Waals surface area (Å²) in [5.74, 6) is -0.845. The average molecular weight is 186 g/mol. The van der Waals surface area contributed by atoms with Crippen LogP contribution in [-0.2, 0) is 19.7 Å². The van der Waals surface area contributed by atoms with Crippen molar-refractivity contribution in [2.45, 2.75) is 0 Å². The van der Waals surface area contributed by atoms with Gasteiger partial charge < -0.3 is 9.47 Å². The third kappa shape index (κ3) is 7.04. The van der Waals surface area contributed by atoms with Crippen LogP contribution in [0.2, 0.25) is 0 Å². The summed E-state index contributed by atoms with van der Waals surface area (Å²) in [7, 11) is -3.50. The second-order valence-electron chi connectivity index (χ2n) is 1.55. The van der Waals surface area contributed by atoms with E-state index in [1.807, 2.05) is 0 Å². The predicted molar refractivity (Wildman–Crippen MR) is 33.3 cm³/mol. The summed E-state index contributed by atoms with van der Waals surface area (Å²) >= 11 is 0. The lowest BCUT2D eigenvalue weighted by molar-refractivity contribution is 0.0775. The van der Waals surface area contributed by atoms with Gasteiger partial charge >= 0.3 is 16.4 Å². The summed E-state index contributed by atoms with van der Waals surface area (Å²) in [5, 5.41) is 0. The van der Waals surface area contributed by atoms with Crippen molar-refractivity contribution >= 4 is 16.4 Å². The van der Waals surface area contributed by atoms with Crippen molar-refractivity contribution in [2.24, 2.45) is 0 Å². The zero-order chi connectivity index (χ0) is 8.91. The zero-order valence-electron chi connectivity index (χ0n) is 5.74. The van der Waals surface area contributed by atoms with E-state index in [9.17, 15) is 17.1 Å². The normalized spacial score (nSPS) is 10.7. The molecule has 0 spiro atoms. The minimum Gasteiger partial charge on any atom is -0.438 e. The lowest BCUT2D eigenvalue weighted by Crippen LogP contribution is -2.12. The van der Waals surface area contributed by atoms with Gasteiger partial charge in [-0.2, -0.15) is 8.42 Å². The van der Waals surface area contributed by atoms with E-state index >= 15 is 0 Å². The molecule has 0 heterocycles. The van der Waals surface area contributed by atoms with Crippen molar-refractivity contribution in [1.29, 1.82) is 0 Å². The molecule has 0 aliphatic heterocycles. The summed E-state index contributed by atoms with van der Waals surface area (Å²) in [6.07, 6.45) is -1.03. The predicted octanol–water partition coefficient (Wildman–Crippen LogP) is 0.0687. The number of carbonyl (C=O) groups is 1. The summed E-state index contributed by atoms with van der Waals surface area (Å²) in [5.41, 5.74) is 0. The molecule has 0 aliphatic rings. The van der Waals surface area contributed by atoms with E-state index in [0.717, 1.165) is 7.11 Å². The minimum absolute atomic E-state index is 0.536. The van der Waals surface area contributed by atoms with Gasteiger partial charge in [0.25, 0.3) is 0 Å². The average Bonchev–Trinajstić information content (AvgIpc) is 1.85. The van der Waals surface area contributed by atoms with Crippen LogP contribution in [0.5, 0.6) is 0 Å². The Balaban J connectivity index is 3.51. The molecule has 0 aliphatic carbocycles. The number of hydrogen-bond donors (Lipinski definition) is 0. The maximum absolute atomic E-state index is 11.7. The number of carbonyl (C=O) groups excluding carboxylic acids is 1. The lowest BCUT2D eigenvalue weighted by atomic mass is 10.9. The Morgan fingerprint density at radius 3 is 2.45 bits per heavy atom. The maximum Gasteiger partial charge on any atom is 0.508 e. The van der Waals surface area contributed by atoms with Gasteiger partial charge in [-0.05, 0) is 0 Å². The first-order valence-corrected chi connectivity index (χ1v) is 4.14. The number of rotatable bonds is 3. The summed E-state index contributed by atoms with van der Waals surface area (Å²) in [4.78, 5) is 10.1. The largest absolute Gasteiger partial charge is 0.508 e. The van der Waals surface area contributed by atoms with Crippen molar-refractivity contribution in [2.75, 3.05) is 19.5 Å². The molecule has 0 amide bonds. The van der Waals surface area contributed by atoms with Gasteiger partial charge in [0.1, 0.15) is 12.4 Å². The number of hydrogen-bond acceptors (Lipinski definition) is 5. The van der Waals surface area contributed by atoms with E-state index in [1.54, 1.807) is 0 Å². The minimum atomic E-state index is -4.56. The summed E-state index contributed by atoms with van der Waals surface area (Å²) in [6, 6.07) is 0. The van der Waals surface area contributed by atoms with Crippen LogP contribution in [0.1, 0.15) is 0 Å². The van der Waals surface area contributed by atoms with E-state index < -0.39 is 28.7 Å². The van der Waals surface area contributed by atoms with E-state index in [2.05, 4.69) is 9.47 Å². The highest BCUT2D eigenvalue weighted by atomic mass is 32.3. The van der Waals surface area contributed by atoms with Gasteiger partial charge in [-0.15, -0.1) is 3.89 Å². The molecule has 0 saturated heterocycles. The molecule has 0 fully saturated rings. The molecule has 0 radical (unpaired) electrons. The molecule has 0 unspecified atom stereocenters. The molecule has 0 rings (SSSR count). The first kappa shape index (κ1) is 10.2. The molecule has 7 heteroatoms. The van der Waals surface area contributed by atoms with E-state index in [4.69, 9.17) is 0 Å². The quantitative estimate of drug-likeness (QED) is 0.460. The zero-order valence-corrected chi connectivity index (χ0v) is 6.56. The molecule has 0 aromatic heterocycles. The van der Waals surface area contributed by atoms with Crippen LogP contribution in [0.4, 0.5) is 8.68 Å². The van der Waals surface area contributed by atoms with Gasteiger partial charge in [-0.25, -0.2) is 4.79 Å². The Labute approximate surface area is 63.3 Å². The second-order valence-corrected chi connectivity index (χ2v) is 3.03. The fraction of sp³-hybridized carbons (Fsp3) is 0.750. The number of halogens is 1. The molecule has 0 atom stereocenters. The van der Waals surface area contributed by atoms with Gasteiger partial charge in [0.2, 0.25) is 0 Å². The first-order valence-electron chi connectivity index (χ1n) is 2.59. The van der Waals surface area contributed by atoms with E-state index in [0.29, 0.717) is 0 Å². The Kier molecular flexibility index (Phi) is 3.80. The Hall–Kier alpha value is -0.850. The molecule has 66 valence electrons. The highest BCUT2D eigenvalue weighted by Crippen LogP contribution is 1.91. The Morgan fingerprint density at radius 1 is 1.55 bits per heavy atom. The van der Waals surface area contributed by atoms with Gasteiger partial charge in [-0.1, -0.05) is 0 Å². The monoisotopic (exact) mass is 186 g/mol. The molecule has 0 aromatic rings. The molecule has 0 bridgehead atoms. The van der Waals surface area contributed by atoms with Gasteiger partial charge in [0, 0.05) is 0 Å². The second kappa shape index (κ2) is 4.12. The van der Waals surface area contributed by atoms with Crippen LogP contribution >= 0.6 is 0 Å². The first-order chi connectivity index (χ1) is 4.95. The third-order valence-corrected chi connectivity index (χ3v) is 1.37. The van der Waals surface area contributed by atoms with Crippen molar-refractivity contribution in [3.05, 3.63) is 0 Å². The third-order valence-electron chi connectivity index (χ3n) is 0.714. The fourth-order valence-corrected chi connectivity index (χ4v) is 0.566. The highest BCUT2D eigenvalue weighted by Gasteiger charge is 2.08. The molecule has 5 nitrogen and oxygen atoms in total. The summed E-state index contributed by atoms with van der Waals surface area (Å²) < 4.78 is 39.4. The van der Waals surface area contributed by atoms with E-state index in [1.165, 1.54) is 0 Å².